The first-order valence-electron chi connectivity index (χ1n) is 4.34. The van der Waals surface area contributed by atoms with Gasteiger partial charge in [0.25, 0.3) is 5.69 Å². The predicted molar refractivity (Wildman–Crippen MR) is 58.6 cm³/mol. The van der Waals surface area contributed by atoms with Gasteiger partial charge in [-0.3, -0.25) is 20.5 Å². The highest BCUT2D eigenvalue weighted by Crippen LogP contribution is 2.24. The van der Waals surface area contributed by atoms with Gasteiger partial charge in [-0.25, -0.2) is 0 Å². The molecule has 1 aromatic carbocycles. The fraction of sp³-hybridized carbons (Fsp3) is 0.333. The molecule has 5 nitrogen and oxygen atoms in total. The molecule has 15 heavy (non-hydrogen) atoms. The van der Waals surface area contributed by atoms with Crippen LogP contribution in [-0.4, -0.2) is 24.0 Å². The molecule has 0 radical (unpaired) electrons. The Morgan fingerprint density at radius 3 is 2.73 bits per heavy atom. The third kappa shape index (κ3) is 3.47. The van der Waals surface area contributed by atoms with Crippen molar-refractivity contribution >= 4 is 17.3 Å². The second-order valence-corrected chi connectivity index (χ2v) is 3.68. The summed E-state index contributed by atoms with van der Waals surface area (Å²) in [7, 11) is 3.70. The Labute approximate surface area is 92.8 Å². The largest absolute Gasteiger partial charge is 0.288 e. The van der Waals surface area contributed by atoms with E-state index in [1.54, 1.807) is 11.1 Å². The topological polar surface area (TPSA) is 58.4 Å². The highest BCUT2D eigenvalue weighted by atomic mass is 35.5. The van der Waals surface area contributed by atoms with E-state index in [1.165, 1.54) is 12.1 Å². The lowest BCUT2D eigenvalue weighted by atomic mass is 10.2. The number of nitro benzene ring substituents is 1. The molecule has 0 unspecified atom stereocenters. The van der Waals surface area contributed by atoms with Crippen molar-refractivity contribution in [2.24, 2.45) is 0 Å². The summed E-state index contributed by atoms with van der Waals surface area (Å²) >= 11 is 5.68. The van der Waals surface area contributed by atoms with E-state index in [1.807, 2.05) is 14.1 Å². The Morgan fingerprint density at radius 2 is 2.20 bits per heavy atom. The summed E-state index contributed by atoms with van der Waals surface area (Å²) in [5, 5.41) is 12.5. The second-order valence-electron chi connectivity index (χ2n) is 3.27. The first-order chi connectivity index (χ1) is 7.00. The van der Waals surface area contributed by atoms with E-state index in [2.05, 4.69) is 5.43 Å². The summed E-state index contributed by atoms with van der Waals surface area (Å²) in [4.78, 5) is 10.1. The molecule has 0 amide bonds. The molecule has 1 aromatic rings. The second kappa shape index (κ2) is 5.06. The lowest BCUT2D eigenvalue weighted by Gasteiger charge is -2.11. The molecule has 0 aliphatic rings. The lowest BCUT2D eigenvalue weighted by molar-refractivity contribution is -0.384. The van der Waals surface area contributed by atoms with Crippen LogP contribution in [-0.2, 0) is 6.54 Å². The van der Waals surface area contributed by atoms with E-state index in [-0.39, 0.29) is 10.7 Å². The number of hydrazine groups is 1. The van der Waals surface area contributed by atoms with Crippen molar-refractivity contribution in [1.82, 2.24) is 10.4 Å². The van der Waals surface area contributed by atoms with E-state index in [9.17, 15) is 10.1 Å². The van der Waals surface area contributed by atoms with Crippen molar-refractivity contribution in [3.63, 3.8) is 0 Å². The first-order valence-corrected chi connectivity index (χ1v) is 4.72. The van der Waals surface area contributed by atoms with Crippen molar-refractivity contribution in [3.05, 3.63) is 38.9 Å². The molecule has 0 aliphatic carbocycles. The summed E-state index contributed by atoms with van der Waals surface area (Å²) in [5.41, 5.74) is 3.77. The number of halogens is 1. The van der Waals surface area contributed by atoms with Gasteiger partial charge in [-0.1, -0.05) is 17.7 Å². The van der Waals surface area contributed by atoms with Gasteiger partial charge >= 0.3 is 0 Å². The predicted octanol–water partition coefficient (Wildman–Crippen LogP) is 1.81. The van der Waals surface area contributed by atoms with E-state index >= 15 is 0 Å². The number of rotatable bonds is 4. The first kappa shape index (κ1) is 11.9. The molecule has 0 saturated carbocycles. The normalized spacial score (nSPS) is 10.7. The molecule has 6 heteroatoms. The van der Waals surface area contributed by atoms with E-state index < -0.39 is 4.92 Å². The van der Waals surface area contributed by atoms with Gasteiger partial charge in [-0.15, -0.1) is 0 Å². The third-order valence-corrected chi connectivity index (χ3v) is 2.13. The molecule has 0 atom stereocenters. The Bertz CT molecular complexity index is 368. The van der Waals surface area contributed by atoms with Crippen LogP contribution in [0.2, 0.25) is 5.02 Å². The van der Waals surface area contributed by atoms with Crippen LogP contribution in [0.5, 0.6) is 0 Å². The number of nitrogens with zero attached hydrogens (tertiary/aromatic N) is 2. The Kier molecular flexibility index (Phi) is 4.02. The zero-order valence-electron chi connectivity index (χ0n) is 8.53. The van der Waals surface area contributed by atoms with Crippen LogP contribution < -0.4 is 5.43 Å². The smallest absolute Gasteiger partial charge is 0.258 e. The van der Waals surface area contributed by atoms with Crippen molar-refractivity contribution in [3.8, 4) is 0 Å². The molecule has 0 bridgehead atoms. The van der Waals surface area contributed by atoms with Gasteiger partial charge in [0.15, 0.2) is 0 Å². The molecular formula is C9H12ClN3O2. The minimum absolute atomic E-state index is 0.0604. The summed E-state index contributed by atoms with van der Waals surface area (Å²) in [6, 6.07) is 4.76. The lowest BCUT2D eigenvalue weighted by Crippen LogP contribution is -2.29. The Hall–Kier alpha value is -1.17. The van der Waals surface area contributed by atoms with E-state index in [0.717, 1.165) is 5.56 Å². The summed E-state index contributed by atoms with van der Waals surface area (Å²) in [5.74, 6) is 0. The van der Waals surface area contributed by atoms with Crippen LogP contribution in [0.4, 0.5) is 5.69 Å². The molecule has 0 fully saturated rings. The van der Waals surface area contributed by atoms with Crippen LogP contribution >= 0.6 is 11.6 Å². The quantitative estimate of drug-likeness (QED) is 0.632. The number of hydrogen-bond acceptors (Lipinski definition) is 4. The molecule has 0 heterocycles. The molecular weight excluding hydrogens is 218 g/mol. The summed E-state index contributed by atoms with van der Waals surface area (Å²) in [6.45, 7) is 0.533. The minimum Gasteiger partial charge on any atom is -0.258 e. The van der Waals surface area contributed by atoms with E-state index in [4.69, 9.17) is 11.6 Å². The van der Waals surface area contributed by atoms with Gasteiger partial charge in [0.1, 0.15) is 5.02 Å². The SMILES string of the molecule is CN(C)NCc1ccc(Cl)c([N+](=O)[O-])c1. The van der Waals surface area contributed by atoms with Crippen LogP contribution in [0.25, 0.3) is 0 Å². The van der Waals surface area contributed by atoms with Crippen molar-refractivity contribution in [1.29, 1.82) is 0 Å². The third-order valence-electron chi connectivity index (χ3n) is 1.81. The van der Waals surface area contributed by atoms with Gasteiger partial charge in [-0.05, 0) is 11.6 Å². The Morgan fingerprint density at radius 1 is 1.53 bits per heavy atom. The average molecular weight is 230 g/mol. The maximum absolute atomic E-state index is 10.6. The van der Waals surface area contributed by atoms with Gasteiger partial charge < -0.3 is 0 Å². The molecule has 82 valence electrons. The molecule has 0 spiro atoms. The molecule has 0 saturated heterocycles. The molecule has 0 aliphatic heterocycles. The standard InChI is InChI=1S/C9H12ClN3O2/c1-12(2)11-6-7-3-4-8(10)9(5-7)13(14)15/h3-5,11H,6H2,1-2H3. The number of hydrogen-bond donors (Lipinski definition) is 1. The van der Waals surface area contributed by atoms with Crippen molar-refractivity contribution in [2.75, 3.05) is 14.1 Å². The summed E-state index contributed by atoms with van der Waals surface area (Å²) in [6.07, 6.45) is 0. The number of nitrogens with one attached hydrogen (secondary N) is 1. The van der Waals surface area contributed by atoms with Gasteiger partial charge in [-0.2, -0.15) is 0 Å². The van der Waals surface area contributed by atoms with Crippen LogP contribution in [0.1, 0.15) is 5.56 Å². The van der Waals surface area contributed by atoms with Gasteiger partial charge in [0.2, 0.25) is 0 Å². The minimum atomic E-state index is -0.485. The maximum Gasteiger partial charge on any atom is 0.288 e. The zero-order valence-corrected chi connectivity index (χ0v) is 9.28. The monoisotopic (exact) mass is 229 g/mol. The Balaban J connectivity index is 2.83. The number of nitro groups is 1. The summed E-state index contributed by atoms with van der Waals surface area (Å²) < 4.78 is 0. The van der Waals surface area contributed by atoms with E-state index in [0.29, 0.717) is 6.54 Å². The van der Waals surface area contributed by atoms with Crippen LogP contribution in [0, 0.1) is 10.1 Å². The fourth-order valence-electron chi connectivity index (χ4n) is 1.06. The zero-order chi connectivity index (χ0) is 11.4. The van der Waals surface area contributed by atoms with Gasteiger partial charge in [0, 0.05) is 26.7 Å². The maximum atomic E-state index is 10.6. The average Bonchev–Trinajstić information content (AvgIpc) is 2.16. The van der Waals surface area contributed by atoms with Crippen molar-refractivity contribution in [2.45, 2.75) is 6.54 Å². The highest BCUT2D eigenvalue weighted by Gasteiger charge is 2.12. The van der Waals surface area contributed by atoms with Gasteiger partial charge in [0.05, 0.1) is 4.92 Å². The molecule has 0 aromatic heterocycles. The fourth-order valence-corrected chi connectivity index (χ4v) is 1.24. The molecule has 1 N–H and O–H groups in total. The van der Waals surface area contributed by atoms with Crippen LogP contribution in [0.3, 0.4) is 0 Å². The molecule has 1 rings (SSSR count). The highest BCUT2D eigenvalue weighted by molar-refractivity contribution is 6.32. The van der Waals surface area contributed by atoms with Crippen LogP contribution in [0.15, 0.2) is 18.2 Å². The number of benzene rings is 1. The van der Waals surface area contributed by atoms with Crippen molar-refractivity contribution < 1.29 is 4.92 Å².